The van der Waals surface area contributed by atoms with Crippen molar-refractivity contribution in [1.82, 2.24) is 0 Å². The topological polar surface area (TPSA) is 73.5 Å². The van der Waals surface area contributed by atoms with Gasteiger partial charge in [0.2, 0.25) is 0 Å². The van der Waals surface area contributed by atoms with Crippen molar-refractivity contribution in [3.63, 3.8) is 0 Å². The van der Waals surface area contributed by atoms with Crippen LogP contribution >= 0.6 is 0 Å². The van der Waals surface area contributed by atoms with Crippen LogP contribution in [0.5, 0.6) is 0 Å². The number of aliphatic hydroxyl groups is 2. The molecular weight excluding hydrogens is 146 g/mol. The van der Waals surface area contributed by atoms with Gasteiger partial charge >= 0.3 is 0 Å². The average Bonchev–Trinajstić information content (AvgIpc) is 2.05. The van der Waals surface area contributed by atoms with E-state index in [2.05, 4.69) is 0 Å². The summed E-state index contributed by atoms with van der Waals surface area (Å²) in [5.41, 5.74) is 0. The van der Waals surface area contributed by atoms with Crippen molar-refractivity contribution >= 4 is 0 Å². The first kappa shape index (κ1) is 8.21. The van der Waals surface area contributed by atoms with Crippen LogP contribution in [0.3, 0.4) is 0 Å². The first-order valence-electron chi connectivity index (χ1n) is 3.30. The third-order valence-electron chi connectivity index (χ3n) is 1.49. The number of hydrogen-bond donors (Lipinski definition) is 2. The highest BCUT2D eigenvalue weighted by atomic mass is 16.5. The van der Waals surface area contributed by atoms with Gasteiger partial charge in [-0.05, 0) is 6.08 Å². The highest BCUT2D eigenvalue weighted by molar-refractivity contribution is 5.09. The molecule has 0 aromatic rings. The van der Waals surface area contributed by atoms with Crippen LogP contribution in [0.2, 0.25) is 0 Å². The van der Waals surface area contributed by atoms with E-state index in [4.69, 9.17) is 20.2 Å². The Balaban J connectivity index is 2.61. The van der Waals surface area contributed by atoms with Crippen molar-refractivity contribution in [2.24, 2.45) is 0 Å². The Morgan fingerprint density at radius 1 is 1.55 bits per heavy atom. The van der Waals surface area contributed by atoms with Crippen molar-refractivity contribution in [3.8, 4) is 6.07 Å². The van der Waals surface area contributed by atoms with E-state index in [9.17, 15) is 0 Å². The number of nitriles is 1. The Morgan fingerprint density at radius 2 is 2.27 bits per heavy atom. The van der Waals surface area contributed by atoms with Crippen molar-refractivity contribution in [1.29, 1.82) is 5.26 Å². The molecule has 60 valence electrons. The summed E-state index contributed by atoms with van der Waals surface area (Å²) in [6.45, 7) is -0.274. The second-order valence-electron chi connectivity index (χ2n) is 2.28. The Kier molecular flexibility index (Phi) is 2.60. The lowest BCUT2D eigenvalue weighted by Gasteiger charge is -2.24. The lowest BCUT2D eigenvalue weighted by Crippen LogP contribution is -2.37. The Morgan fingerprint density at radius 3 is 2.82 bits per heavy atom. The summed E-state index contributed by atoms with van der Waals surface area (Å²) in [5.74, 6) is 0. The largest absolute Gasteiger partial charge is 0.394 e. The quantitative estimate of drug-likeness (QED) is 0.485. The van der Waals surface area contributed by atoms with Crippen LogP contribution in [0, 0.1) is 11.3 Å². The maximum atomic E-state index is 9.10. The second kappa shape index (κ2) is 3.49. The highest BCUT2D eigenvalue weighted by Gasteiger charge is 2.24. The van der Waals surface area contributed by atoms with Crippen LogP contribution in [-0.2, 0) is 4.74 Å². The minimum Gasteiger partial charge on any atom is -0.394 e. The van der Waals surface area contributed by atoms with Crippen molar-refractivity contribution < 1.29 is 14.9 Å². The summed E-state index contributed by atoms with van der Waals surface area (Å²) in [7, 11) is 0. The van der Waals surface area contributed by atoms with Gasteiger partial charge in [-0.1, -0.05) is 6.08 Å². The Labute approximate surface area is 64.3 Å². The molecule has 4 nitrogen and oxygen atoms in total. The molecule has 0 bridgehead atoms. The average molecular weight is 155 g/mol. The van der Waals surface area contributed by atoms with Gasteiger partial charge in [0.25, 0.3) is 0 Å². The summed E-state index contributed by atoms with van der Waals surface area (Å²) in [5, 5.41) is 26.1. The molecule has 4 heteroatoms. The molecule has 1 aliphatic heterocycles. The van der Waals surface area contributed by atoms with E-state index in [1.165, 1.54) is 12.2 Å². The van der Waals surface area contributed by atoms with Crippen molar-refractivity contribution in [2.75, 3.05) is 6.61 Å². The second-order valence-corrected chi connectivity index (χ2v) is 2.28. The molecule has 0 fully saturated rings. The van der Waals surface area contributed by atoms with Gasteiger partial charge in [-0.2, -0.15) is 5.26 Å². The van der Waals surface area contributed by atoms with Gasteiger partial charge in [0.15, 0.2) is 6.10 Å². The van der Waals surface area contributed by atoms with E-state index < -0.39 is 18.3 Å². The molecule has 1 aliphatic rings. The number of aliphatic hydroxyl groups excluding tert-OH is 2. The van der Waals surface area contributed by atoms with E-state index in [0.29, 0.717) is 0 Å². The highest BCUT2D eigenvalue weighted by Crippen LogP contribution is 2.11. The fraction of sp³-hybridized carbons (Fsp3) is 0.571. The summed E-state index contributed by atoms with van der Waals surface area (Å²) >= 11 is 0. The van der Waals surface area contributed by atoms with Gasteiger partial charge in [-0.3, -0.25) is 0 Å². The predicted molar refractivity (Wildman–Crippen MR) is 36.5 cm³/mol. The minimum absolute atomic E-state index is 0.274. The van der Waals surface area contributed by atoms with E-state index in [1.807, 2.05) is 6.07 Å². The van der Waals surface area contributed by atoms with Gasteiger partial charge in [0.05, 0.1) is 12.7 Å². The number of ether oxygens (including phenoxy) is 1. The third kappa shape index (κ3) is 1.77. The van der Waals surface area contributed by atoms with Crippen LogP contribution in [0.1, 0.15) is 0 Å². The van der Waals surface area contributed by atoms with Gasteiger partial charge < -0.3 is 14.9 Å². The molecule has 11 heavy (non-hydrogen) atoms. The molecule has 0 aromatic carbocycles. The molecule has 0 spiro atoms. The first-order valence-corrected chi connectivity index (χ1v) is 3.30. The molecule has 0 amide bonds. The van der Waals surface area contributed by atoms with Gasteiger partial charge in [0.1, 0.15) is 12.2 Å². The zero-order valence-corrected chi connectivity index (χ0v) is 5.84. The van der Waals surface area contributed by atoms with E-state index >= 15 is 0 Å². The van der Waals surface area contributed by atoms with E-state index in [-0.39, 0.29) is 6.61 Å². The first-order chi connectivity index (χ1) is 5.27. The van der Waals surface area contributed by atoms with Crippen molar-refractivity contribution in [3.05, 3.63) is 12.2 Å². The molecule has 2 N–H and O–H groups in total. The molecular formula is C7H9NO3. The molecule has 0 saturated carbocycles. The zero-order valence-electron chi connectivity index (χ0n) is 5.84. The minimum atomic E-state index is -0.801. The van der Waals surface area contributed by atoms with E-state index in [1.54, 1.807) is 0 Å². The van der Waals surface area contributed by atoms with Gasteiger partial charge in [-0.15, -0.1) is 0 Å². The normalized spacial score (nSPS) is 36.6. The number of rotatable bonds is 1. The van der Waals surface area contributed by atoms with Crippen LogP contribution in [0.25, 0.3) is 0 Å². The monoisotopic (exact) mass is 155 g/mol. The van der Waals surface area contributed by atoms with Crippen LogP contribution in [-0.4, -0.2) is 35.1 Å². The third-order valence-corrected chi connectivity index (χ3v) is 1.49. The van der Waals surface area contributed by atoms with Crippen LogP contribution in [0.15, 0.2) is 12.2 Å². The SMILES string of the molecule is N#C[C@H]1C=C[C@H](O)[C@@H](CO)O1. The maximum Gasteiger partial charge on any atom is 0.162 e. The summed E-state index contributed by atoms with van der Waals surface area (Å²) < 4.78 is 4.95. The molecule has 0 aliphatic carbocycles. The molecule has 0 unspecified atom stereocenters. The lowest BCUT2D eigenvalue weighted by atomic mass is 10.1. The molecule has 0 aromatic heterocycles. The fourth-order valence-electron chi connectivity index (χ4n) is 0.877. The predicted octanol–water partition coefficient (Wildman–Crippen LogP) is -0.813. The summed E-state index contributed by atoms with van der Waals surface area (Å²) in [6.07, 6.45) is 0.819. The molecule has 0 radical (unpaired) electrons. The summed E-state index contributed by atoms with van der Waals surface area (Å²) in [4.78, 5) is 0. The standard InChI is InChI=1S/C7H9NO3/c8-3-5-1-2-6(10)7(4-9)11-5/h1-2,5-7,9-10H,4H2/t5-,6+,7-/m1/s1. The number of hydrogen-bond acceptors (Lipinski definition) is 4. The van der Waals surface area contributed by atoms with Crippen molar-refractivity contribution in [2.45, 2.75) is 18.3 Å². The molecule has 3 atom stereocenters. The van der Waals surface area contributed by atoms with Crippen LogP contribution in [0.4, 0.5) is 0 Å². The van der Waals surface area contributed by atoms with Gasteiger partial charge in [0, 0.05) is 0 Å². The molecule has 1 rings (SSSR count). The Hall–Kier alpha value is -0.890. The molecule has 1 heterocycles. The number of nitrogens with zero attached hydrogens (tertiary/aromatic N) is 1. The molecule has 0 saturated heterocycles. The lowest BCUT2D eigenvalue weighted by molar-refractivity contribution is -0.0634. The van der Waals surface area contributed by atoms with E-state index in [0.717, 1.165) is 0 Å². The zero-order chi connectivity index (χ0) is 8.27. The van der Waals surface area contributed by atoms with Crippen LogP contribution < -0.4 is 0 Å². The fourth-order valence-corrected chi connectivity index (χ4v) is 0.877. The maximum absolute atomic E-state index is 9.10. The van der Waals surface area contributed by atoms with Gasteiger partial charge in [-0.25, -0.2) is 0 Å². The summed E-state index contributed by atoms with van der Waals surface area (Å²) in [6, 6.07) is 1.86. The Bertz CT molecular complexity index is 196. The smallest absolute Gasteiger partial charge is 0.162 e.